The quantitative estimate of drug-likeness (QED) is 0.688. The molecular formula is C11H18O4. The Labute approximate surface area is 89.6 Å². The zero-order valence-electron chi connectivity index (χ0n) is 9.28. The summed E-state index contributed by atoms with van der Waals surface area (Å²) in [7, 11) is 1.38. The smallest absolute Gasteiger partial charge is 0.315 e. The van der Waals surface area contributed by atoms with Crippen LogP contribution in [-0.4, -0.2) is 37.0 Å². The van der Waals surface area contributed by atoms with Crippen molar-refractivity contribution in [2.24, 2.45) is 11.3 Å². The molecule has 2 fully saturated rings. The van der Waals surface area contributed by atoms with Gasteiger partial charge in [-0.1, -0.05) is 6.92 Å². The molecule has 86 valence electrons. The van der Waals surface area contributed by atoms with Crippen molar-refractivity contribution < 1.29 is 19.4 Å². The van der Waals surface area contributed by atoms with Crippen LogP contribution in [-0.2, 0) is 14.3 Å². The number of hydrogen-bond acceptors (Lipinski definition) is 4. The van der Waals surface area contributed by atoms with Crippen LogP contribution in [0.3, 0.4) is 0 Å². The van der Waals surface area contributed by atoms with E-state index in [0.29, 0.717) is 19.4 Å². The summed E-state index contributed by atoms with van der Waals surface area (Å²) >= 11 is 0. The molecule has 0 radical (unpaired) electrons. The van der Waals surface area contributed by atoms with Gasteiger partial charge in [-0.3, -0.25) is 4.79 Å². The van der Waals surface area contributed by atoms with Gasteiger partial charge in [0.25, 0.3) is 0 Å². The zero-order chi connectivity index (χ0) is 11.1. The van der Waals surface area contributed by atoms with E-state index in [2.05, 4.69) is 0 Å². The third kappa shape index (κ3) is 1.39. The van der Waals surface area contributed by atoms with E-state index >= 15 is 0 Å². The summed E-state index contributed by atoms with van der Waals surface area (Å²) in [5.74, 6) is -0.0975. The minimum absolute atomic E-state index is 0.191. The molecule has 3 unspecified atom stereocenters. The topological polar surface area (TPSA) is 55.8 Å². The average molecular weight is 214 g/mol. The van der Waals surface area contributed by atoms with E-state index in [4.69, 9.17) is 9.47 Å². The van der Waals surface area contributed by atoms with Gasteiger partial charge in [0, 0.05) is 6.61 Å². The van der Waals surface area contributed by atoms with E-state index in [1.54, 1.807) is 0 Å². The zero-order valence-corrected chi connectivity index (χ0v) is 9.28. The first kappa shape index (κ1) is 10.9. The van der Waals surface area contributed by atoms with E-state index in [-0.39, 0.29) is 18.5 Å². The Morgan fingerprint density at radius 1 is 1.60 bits per heavy atom. The third-order valence-corrected chi connectivity index (χ3v) is 3.91. The Balaban J connectivity index is 2.22. The van der Waals surface area contributed by atoms with Crippen molar-refractivity contribution >= 4 is 5.97 Å². The number of esters is 1. The number of rotatable bonds is 2. The van der Waals surface area contributed by atoms with Crippen molar-refractivity contribution in [1.82, 2.24) is 0 Å². The van der Waals surface area contributed by atoms with Crippen LogP contribution >= 0.6 is 0 Å². The molecule has 1 saturated carbocycles. The summed E-state index contributed by atoms with van der Waals surface area (Å²) in [6.07, 6.45) is 2.15. The number of aliphatic hydroxyl groups is 1. The summed E-state index contributed by atoms with van der Waals surface area (Å²) in [5, 5.41) is 10.5. The molecule has 2 rings (SSSR count). The van der Waals surface area contributed by atoms with Gasteiger partial charge in [0.1, 0.15) is 11.0 Å². The first-order valence-corrected chi connectivity index (χ1v) is 5.45. The van der Waals surface area contributed by atoms with Crippen LogP contribution in [0.5, 0.6) is 0 Å². The second-order valence-electron chi connectivity index (χ2n) is 4.76. The van der Waals surface area contributed by atoms with Gasteiger partial charge in [0.05, 0.1) is 13.7 Å². The van der Waals surface area contributed by atoms with Crippen molar-refractivity contribution in [3.05, 3.63) is 0 Å². The van der Waals surface area contributed by atoms with Gasteiger partial charge in [0.2, 0.25) is 0 Å². The molecule has 3 atom stereocenters. The van der Waals surface area contributed by atoms with Gasteiger partial charge >= 0.3 is 5.97 Å². The van der Waals surface area contributed by atoms with Crippen LogP contribution < -0.4 is 0 Å². The van der Waals surface area contributed by atoms with Crippen molar-refractivity contribution in [3.63, 3.8) is 0 Å². The molecule has 0 aromatic carbocycles. The van der Waals surface area contributed by atoms with Gasteiger partial charge in [0.15, 0.2) is 0 Å². The lowest BCUT2D eigenvalue weighted by Crippen LogP contribution is -2.51. The van der Waals surface area contributed by atoms with E-state index < -0.39 is 11.0 Å². The van der Waals surface area contributed by atoms with Crippen LogP contribution in [0.15, 0.2) is 0 Å². The molecule has 0 aromatic rings. The Bertz CT molecular complexity index is 270. The van der Waals surface area contributed by atoms with E-state index in [1.165, 1.54) is 7.11 Å². The minimum Gasteiger partial charge on any atom is -0.468 e. The summed E-state index contributed by atoms with van der Waals surface area (Å²) in [6, 6.07) is 0. The lowest BCUT2D eigenvalue weighted by molar-refractivity contribution is -0.176. The fraction of sp³-hybridized carbons (Fsp3) is 0.909. The molecule has 4 heteroatoms. The van der Waals surface area contributed by atoms with Crippen molar-refractivity contribution in [3.8, 4) is 0 Å². The average Bonchev–Trinajstić information content (AvgIpc) is 2.92. The summed E-state index contributed by atoms with van der Waals surface area (Å²) in [5.41, 5.74) is -1.72. The lowest BCUT2D eigenvalue weighted by atomic mass is 9.78. The molecule has 0 amide bonds. The summed E-state index contributed by atoms with van der Waals surface area (Å²) in [6.45, 7) is 2.91. The Morgan fingerprint density at radius 3 is 2.67 bits per heavy atom. The molecule has 4 nitrogen and oxygen atoms in total. The minimum atomic E-state index is -1.02. The predicted octanol–water partition coefficient (Wildman–Crippen LogP) is 0.727. The number of hydrogen-bond donors (Lipinski definition) is 1. The summed E-state index contributed by atoms with van der Waals surface area (Å²) in [4.78, 5) is 11.8. The lowest BCUT2D eigenvalue weighted by Gasteiger charge is -2.38. The number of ether oxygens (including phenoxy) is 2. The van der Waals surface area contributed by atoms with Crippen LogP contribution in [0.1, 0.15) is 26.2 Å². The normalized spacial score (nSPS) is 44.9. The number of carbonyl (C=O) groups is 1. The third-order valence-electron chi connectivity index (χ3n) is 3.91. The fourth-order valence-electron chi connectivity index (χ4n) is 2.86. The largest absolute Gasteiger partial charge is 0.468 e. The van der Waals surface area contributed by atoms with Crippen molar-refractivity contribution in [2.45, 2.75) is 31.8 Å². The van der Waals surface area contributed by atoms with Gasteiger partial charge in [-0.15, -0.1) is 0 Å². The SMILES string of the molecule is COC(=O)C1(C2(O)CCCOC2)CC1C. The first-order valence-electron chi connectivity index (χ1n) is 5.45. The molecule has 1 N–H and O–H groups in total. The second kappa shape index (κ2) is 3.46. The molecule has 1 aliphatic carbocycles. The maximum absolute atomic E-state index is 11.8. The molecule has 0 bridgehead atoms. The highest BCUT2D eigenvalue weighted by Gasteiger charge is 2.70. The molecule has 1 heterocycles. The highest BCUT2D eigenvalue weighted by molar-refractivity contribution is 5.82. The maximum atomic E-state index is 11.8. The highest BCUT2D eigenvalue weighted by atomic mass is 16.5. The van der Waals surface area contributed by atoms with Crippen LogP contribution in [0.25, 0.3) is 0 Å². The van der Waals surface area contributed by atoms with Crippen LogP contribution in [0, 0.1) is 11.3 Å². The number of methoxy groups -OCH3 is 1. The molecular weight excluding hydrogens is 196 g/mol. The predicted molar refractivity (Wildman–Crippen MR) is 53.2 cm³/mol. The first-order chi connectivity index (χ1) is 7.07. The van der Waals surface area contributed by atoms with Crippen LogP contribution in [0.2, 0.25) is 0 Å². The highest BCUT2D eigenvalue weighted by Crippen LogP contribution is 2.61. The second-order valence-corrected chi connectivity index (χ2v) is 4.76. The van der Waals surface area contributed by atoms with Gasteiger partial charge in [-0.05, 0) is 25.2 Å². The molecule has 1 aliphatic heterocycles. The fourth-order valence-corrected chi connectivity index (χ4v) is 2.86. The molecule has 2 aliphatic rings. The van der Waals surface area contributed by atoms with E-state index in [1.807, 2.05) is 6.92 Å². The Kier molecular flexibility index (Phi) is 2.51. The van der Waals surface area contributed by atoms with Gasteiger partial charge < -0.3 is 14.6 Å². The Morgan fingerprint density at radius 2 is 2.27 bits per heavy atom. The Hall–Kier alpha value is -0.610. The molecule has 0 aromatic heterocycles. The van der Waals surface area contributed by atoms with Crippen molar-refractivity contribution in [2.75, 3.05) is 20.3 Å². The van der Waals surface area contributed by atoms with E-state index in [0.717, 1.165) is 6.42 Å². The molecule has 0 spiro atoms. The number of carbonyl (C=O) groups excluding carboxylic acids is 1. The van der Waals surface area contributed by atoms with E-state index in [9.17, 15) is 9.90 Å². The molecule has 1 saturated heterocycles. The monoisotopic (exact) mass is 214 g/mol. The maximum Gasteiger partial charge on any atom is 0.315 e. The molecule has 15 heavy (non-hydrogen) atoms. The van der Waals surface area contributed by atoms with Crippen molar-refractivity contribution in [1.29, 1.82) is 0 Å². The standard InChI is InChI=1S/C11H18O4/c1-8-6-11(8,9(12)14-2)10(13)4-3-5-15-7-10/h8,13H,3-7H2,1-2H3. The van der Waals surface area contributed by atoms with Crippen LogP contribution in [0.4, 0.5) is 0 Å². The summed E-state index contributed by atoms with van der Waals surface area (Å²) < 4.78 is 10.1. The van der Waals surface area contributed by atoms with Gasteiger partial charge in [-0.25, -0.2) is 0 Å². The van der Waals surface area contributed by atoms with Gasteiger partial charge in [-0.2, -0.15) is 0 Å².